The summed E-state index contributed by atoms with van der Waals surface area (Å²) >= 11 is 0. The molecule has 3 amide bonds. The second kappa shape index (κ2) is 7.39. The number of nitrogens with zero attached hydrogens (tertiary/aromatic N) is 1. The third-order valence-electron chi connectivity index (χ3n) is 3.55. The number of nitrogens with two attached hydrogens (primary N) is 1. The highest BCUT2D eigenvalue weighted by atomic mass is 16.6. The van der Waals surface area contributed by atoms with Gasteiger partial charge >= 0.3 is 6.03 Å². The lowest BCUT2D eigenvalue weighted by Gasteiger charge is -2.23. The Kier molecular flexibility index (Phi) is 5.85. The predicted octanol–water partition coefficient (Wildman–Crippen LogP) is 1.92. The standard InChI is InChI=1S/C14H20N4O4/c1-4-8(2)12(17-14(15)20)13(19)16-10-6-5-7-11(9(10)3)18(21)22/h5-8,12H,4H2,1-3H3,(H,16,19)(H3,15,17,20)/t8-,12+/m1/s1. The second-order valence-corrected chi connectivity index (χ2v) is 5.07. The van der Waals surface area contributed by atoms with Crippen molar-refractivity contribution < 1.29 is 14.5 Å². The van der Waals surface area contributed by atoms with Crippen LogP contribution in [0.25, 0.3) is 0 Å². The molecule has 8 heteroatoms. The molecule has 0 aromatic heterocycles. The second-order valence-electron chi connectivity index (χ2n) is 5.07. The number of benzene rings is 1. The quantitative estimate of drug-likeness (QED) is 0.548. The number of primary amides is 1. The highest BCUT2D eigenvalue weighted by Gasteiger charge is 2.26. The zero-order valence-electron chi connectivity index (χ0n) is 12.8. The molecule has 0 aliphatic heterocycles. The minimum atomic E-state index is -0.804. The molecule has 0 aliphatic rings. The van der Waals surface area contributed by atoms with E-state index in [1.165, 1.54) is 12.1 Å². The van der Waals surface area contributed by atoms with Crippen LogP contribution in [0.2, 0.25) is 0 Å². The molecule has 1 rings (SSSR count). The number of nitro benzene ring substituents is 1. The maximum Gasteiger partial charge on any atom is 0.312 e. The lowest BCUT2D eigenvalue weighted by atomic mass is 9.98. The number of nitro groups is 1. The van der Waals surface area contributed by atoms with Crippen molar-refractivity contribution >= 4 is 23.3 Å². The summed E-state index contributed by atoms with van der Waals surface area (Å²) in [6.07, 6.45) is 0.659. The Bertz CT molecular complexity index is 588. The van der Waals surface area contributed by atoms with Gasteiger partial charge in [0.1, 0.15) is 6.04 Å². The lowest BCUT2D eigenvalue weighted by Crippen LogP contribution is -2.49. The van der Waals surface area contributed by atoms with E-state index in [-0.39, 0.29) is 11.6 Å². The van der Waals surface area contributed by atoms with E-state index in [4.69, 9.17) is 5.73 Å². The molecule has 0 unspecified atom stereocenters. The van der Waals surface area contributed by atoms with E-state index in [0.717, 1.165) is 0 Å². The highest BCUT2D eigenvalue weighted by Crippen LogP contribution is 2.25. The number of carbonyl (C=O) groups is 2. The van der Waals surface area contributed by atoms with Gasteiger partial charge in [0.25, 0.3) is 5.69 Å². The molecule has 22 heavy (non-hydrogen) atoms. The minimum Gasteiger partial charge on any atom is -0.352 e. The van der Waals surface area contributed by atoms with Gasteiger partial charge in [-0.15, -0.1) is 0 Å². The normalized spacial score (nSPS) is 13.0. The SMILES string of the molecule is CC[C@@H](C)[C@H](NC(N)=O)C(=O)Nc1cccc([N+](=O)[O-])c1C. The van der Waals surface area contributed by atoms with Crippen molar-refractivity contribution in [3.8, 4) is 0 Å². The first-order valence-corrected chi connectivity index (χ1v) is 6.88. The van der Waals surface area contributed by atoms with Crippen molar-refractivity contribution in [2.75, 3.05) is 5.32 Å². The molecule has 0 saturated heterocycles. The van der Waals surface area contributed by atoms with Crippen molar-refractivity contribution in [3.63, 3.8) is 0 Å². The largest absolute Gasteiger partial charge is 0.352 e. The van der Waals surface area contributed by atoms with Crippen LogP contribution in [0.4, 0.5) is 16.2 Å². The van der Waals surface area contributed by atoms with Crippen molar-refractivity contribution in [1.29, 1.82) is 0 Å². The molecule has 0 aliphatic carbocycles. The molecule has 0 bridgehead atoms. The molecule has 0 spiro atoms. The number of urea groups is 1. The third-order valence-corrected chi connectivity index (χ3v) is 3.55. The molecule has 1 aromatic carbocycles. The maximum absolute atomic E-state index is 12.3. The summed E-state index contributed by atoms with van der Waals surface area (Å²) < 4.78 is 0. The number of carbonyl (C=O) groups excluding carboxylic acids is 2. The monoisotopic (exact) mass is 308 g/mol. The number of rotatable bonds is 6. The van der Waals surface area contributed by atoms with Gasteiger partial charge in [0, 0.05) is 6.07 Å². The maximum atomic E-state index is 12.3. The van der Waals surface area contributed by atoms with Gasteiger partial charge in [-0.25, -0.2) is 4.79 Å². The van der Waals surface area contributed by atoms with Gasteiger partial charge in [-0.05, 0) is 18.9 Å². The van der Waals surface area contributed by atoms with Crippen LogP contribution in [-0.2, 0) is 4.79 Å². The van der Waals surface area contributed by atoms with E-state index in [1.54, 1.807) is 19.9 Å². The van der Waals surface area contributed by atoms with E-state index >= 15 is 0 Å². The van der Waals surface area contributed by atoms with Crippen LogP contribution in [0.3, 0.4) is 0 Å². The molecular formula is C14H20N4O4. The van der Waals surface area contributed by atoms with Crippen molar-refractivity contribution in [2.45, 2.75) is 33.2 Å². The minimum absolute atomic E-state index is 0.0826. The van der Waals surface area contributed by atoms with Gasteiger partial charge in [0.15, 0.2) is 0 Å². The highest BCUT2D eigenvalue weighted by molar-refractivity contribution is 5.98. The zero-order chi connectivity index (χ0) is 16.9. The van der Waals surface area contributed by atoms with Gasteiger partial charge < -0.3 is 16.4 Å². The van der Waals surface area contributed by atoms with Crippen LogP contribution < -0.4 is 16.4 Å². The van der Waals surface area contributed by atoms with E-state index < -0.39 is 22.9 Å². The Morgan fingerprint density at radius 1 is 1.41 bits per heavy atom. The summed E-state index contributed by atoms with van der Waals surface area (Å²) in [5, 5.41) is 15.9. The number of hydrogen-bond donors (Lipinski definition) is 3. The van der Waals surface area contributed by atoms with Gasteiger partial charge in [-0.2, -0.15) is 0 Å². The average molecular weight is 308 g/mol. The first kappa shape index (κ1) is 17.4. The summed E-state index contributed by atoms with van der Waals surface area (Å²) in [5.74, 6) is -0.594. The van der Waals surface area contributed by atoms with Crippen LogP contribution in [0.1, 0.15) is 25.8 Å². The molecule has 2 atom stereocenters. The Morgan fingerprint density at radius 2 is 2.05 bits per heavy atom. The number of nitrogens with one attached hydrogen (secondary N) is 2. The fourth-order valence-corrected chi connectivity index (χ4v) is 2.02. The van der Waals surface area contributed by atoms with Crippen molar-refractivity contribution in [2.24, 2.45) is 11.7 Å². The summed E-state index contributed by atoms with van der Waals surface area (Å²) in [6, 6.07) is 2.81. The van der Waals surface area contributed by atoms with E-state index in [9.17, 15) is 19.7 Å². The van der Waals surface area contributed by atoms with Crippen LogP contribution in [0, 0.1) is 23.0 Å². The molecule has 8 nitrogen and oxygen atoms in total. The van der Waals surface area contributed by atoms with Gasteiger partial charge in [-0.3, -0.25) is 14.9 Å². The molecular weight excluding hydrogens is 288 g/mol. The fraction of sp³-hybridized carbons (Fsp3) is 0.429. The smallest absolute Gasteiger partial charge is 0.312 e. The van der Waals surface area contributed by atoms with E-state index in [2.05, 4.69) is 10.6 Å². The number of hydrogen-bond acceptors (Lipinski definition) is 4. The van der Waals surface area contributed by atoms with Crippen LogP contribution in [0.15, 0.2) is 18.2 Å². The first-order chi connectivity index (χ1) is 10.3. The topological polar surface area (TPSA) is 127 Å². The van der Waals surface area contributed by atoms with Gasteiger partial charge in [0.05, 0.1) is 16.2 Å². The summed E-state index contributed by atoms with van der Waals surface area (Å²) in [7, 11) is 0. The molecule has 4 N–H and O–H groups in total. The van der Waals surface area contributed by atoms with Gasteiger partial charge in [-0.1, -0.05) is 26.3 Å². The van der Waals surface area contributed by atoms with Crippen LogP contribution in [0.5, 0.6) is 0 Å². The van der Waals surface area contributed by atoms with Crippen molar-refractivity contribution in [1.82, 2.24) is 5.32 Å². The van der Waals surface area contributed by atoms with Crippen molar-refractivity contribution in [3.05, 3.63) is 33.9 Å². The predicted molar refractivity (Wildman–Crippen MR) is 82.4 cm³/mol. The molecule has 0 heterocycles. The van der Waals surface area contributed by atoms with E-state index in [1.807, 2.05) is 6.92 Å². The molecule has 120 valence electrons. The first-order valence-electron chi connectivity index (χ1n) is 6.88. The molecule has 1 aromatic rings. The summed E-state index contributed by atoms with van der Waals surface area (Å²) in [4.78, 5) is 33.8. The van der Waals surface area contributed by atoms with Gasteiger partial charge in [0.2, 0.25) is 5.91 Å². The molecule has 0 saturated carbocycles. The Hall–Kier alpha value is -2.64. The Labute approximate surface area is 128 Å². The van der Waals surface area contributed by atoms with E-state index in [0.29, 0.717) is 17.7 Å². The Balaban J connectivity index is 3.01. The average Bonchev–Trinajstić information content (AvgIpc) is 2.45. The summed E-state index contributed by atoms with van der Waals surface area (Å²) in [5.41, 5.74) is 5.69. The zero-order valence-corrected chi connectivity index (χ0v) is 12.8. The fourth-order valence-electron chi connectivity index (χ4n) is 2.02. The third kappa shape index (κ3) is 4.18. The summed E-state index contributed by atoms with van der Waals surface area (Å²) in [6.45, 7) is 5.24. The van der Waals surface area contributed by atoms with Crippen LogP contribution >= 0.6 is 0 Å². The number of anilines is 1. The lowest BCUT2D eigenvalue weighted by molar-refractivity contribution is -0.385. The Morgan fingerprint density at radius 3 is 2.55 bits per heavy atom. The van der Waals surface area contributed by atoms with Crippen LogP contribution in [-0.4, -0.2) is 22.9 Å². The molecule has 0 radical (unpaired) electrons. The number of amides is 3. The molecule has 0 fully saturated rings.